The van der Waals surface area contributed by atoms with E-state index in [0.29, 0.717) is 0 Å². The van der Waals surface area contributed by atoms with E-state index in [-0.39, 0.29) is 7.53 Å². The number of rotatable bonds is 2. The summed E-state index contributed by atoms with van der Waals surface area (Å²) in [5, 5.41) is 4.55. The second kappa shape index (κ2) is 4.91. The second-order valence-electron chi connectivity index (χ2n) is 6.41. The fourth-order valence-corrected chi connectivity index (χ4v) is 10.3. The lowest BCUT2D eigenvalue weighted by molar-refractivity contribution is 1.60. The molecule has 0 saturated heterocycles. The first kappa shape index (κ1) is 13.7. The molecule has 0 aliphatic carbocycles. The van der Waals surface area contributed by atoms with Crippen molar-refractivity contribution in [1.29, 1.82) is 0 Å². The van der Waals surface area contributed by atoms with Crippen molar-refractivity contribution in [2.45, 2.75) is 26.6 Å². The molecule has 1 atom stereocenters. The van der Waals surface area contributed by atoms with Crippen LogP contribution in [0.5, 0.6) is 0 Å². The van der Waals surface area contributed by atoms with E-state index in [0.717, 1.165) is 0 Å². The van der Waals surface area contributed by atoms with Gasteiger partial charge in [0.05, 0.1) is 8.07 Å². The molecule has 0 aliphatic heterocycles. The molecule has 0 N–H and O–H groups in total. The third-order valence-electron chi connectivity index (χ3n) is 3.85. The Morgan fingerprint density at radius 3 is 2.05 bits per heavy atom. The molecule has 3 rings (SSSR count). The van der Waals surface area contributed by atoms with Crippen LogP contribution in [0.4, 0.5) is 0 Å². The molecule has 0 fully saturated rings. The van der Waals surface area contributed by atoms with Gasteiger partial charge in [-0.1, -0.05) is 81.8 Å². The molecule has 0 radical (unpaired) electrons. The van der Waals surface area contributed by atoms with Gasteiger partial charge in [-0.05, 0) is 28.1 Å². The van der Waals surface area contributed by atoms with Gasteiger partial charge in [-0.3, -0.25) is 0 Å². The van der Waals surface area contributed by atoms with Gasteiger partial charge in [0.2, 0.25) is 0 Å². The van der Waals surface area contributed by atoms with E-state index in [1.807, 2.05) is 0 Å². The third-order valence-corrected chi connectivity index (χ3v) is 10.8. The maximum absolute atomic E-state index is 2.48. The van der Waals surface area contributed by atoms with Gasteiger partial charge < -0.3 is 0 Å². The van der Waals surface area contributed by atoms with Crippen LogP contribution in [0.2, 0.25) is 19.6 Å². The maximum Gasteiger partial charge on any atom is 0.0835 e. The highest BCUT2D eigenvalue weighted by molar-refractivity contribution is 7.69. The Morgan fingerprint density at radius 1 is 0.800 bits per heavy atom. The predicted octanol–water partition coefficient (Wildman–Crippen LogP) is 5.67. The Bertz CT molecular complexity index is 748. The van der Waals surface area contributed by atoms with Crippen LogP contribution in [0.3, 0.4) is 0 Å². The molecule has 102 valence electrons. The molecule has 0 spiro atoms. The van der Waals surface area contributed by atoms with Crippen molar-refractivity contribution in [2.75, 3.05) is 0 Å². The minimum Gasteiger partial charge on any atom is -0.0859 e. The Labute approximate surface area is 123 Å². The van der Waals surface area contributed by atoms with Gasteiger partial charge in [0.1, 0.15) is 0 Å². The minimum absolute atomic E-state index is 0.306. The molecule has 0 amide bonds. The zero-order chi connectivity index (χ0) is 14.3. The Morgan fingerprint density at radius 2 is 1.40 bits per heavy atom. The molecule has 20 heavy (non-hydrogen) atoms. The molecule has 1 aromatic heterocycles. The molecule has 0 nitrogen and oxygen atoms in total. The van der Waals surface area contributed by atoms with E-state index < -0.39 is 8.07 Å². The summed E-state index contributed by atoms with van der Waals surface area (Å²) in [5.41, 5.74) is 1.55. The molecule has 0 bridgehead atoms. The first-order chi connectivity index (χ1) is 9.50. The summed E-state index contributed by atoms with van der Waals surface area (Å²) in [6.45, 7) is 9.78. The summed E-state index contributed by atoms with van der Waals surface area (Å²) >= 11 is 0. The van der Waals surface area contributed by atoms with Crippen LogP contribution in [0, 0.1) is 6.92 Å². The van der Waals surface area contributed by atoms with Crippen LogP contribution in [0.25, 0.3) is 15.8 Å². The topological polar surface area (TPSA) is 0 Å². The Hall–Kier alpha value is -1.30. The zero-order valence-corrected chi connectivity index (χ0v) is 14.5. The predicted molar refractivity (Wildman–Crippen MR) is 95.7 cm³/mol. The van der Waals surface area contributed by atoms with E-state index in [4.69, 9.17) is 0 Å². The summed E-state index contributed by atoms with van der Waals surface area (Å²) in [6.07, 6.45) is 0. The zero-order valence-electron chi connectivity index (χ0n) is 12.6. The normalized spacial score (nSPS) is 12.9. The lowest BCUT2D eigenvalue weighted by Crippen LogP contribution is -2.37. The highest BCUT2D eigenvalue weighted by Crippen LogP contribution is 2.48. The van der Waals surface area contributed by atoms with Gasteiger partial charge in [0.15, 0.2) is 0 Å². The van der Waals surface area contributed by atoms with Crippen LogP contribution < -0.4 is 4.92 Å². The minimum atomic E-state index is -1.32. The Kier molecular flexibility index (Phi) is 3.36. The van der Waals surface area contributed by atoms with Gasteiger partial charge in [0, 0.05) is 5.12 Å². The summed E-state index contributed by atoms with van der Waals surface area (Å²) < 4.78 is 0. The van der Waals surface area contributed by atoms with Crippen molar-refractivity contribution in [3.63, 3.8) is 0 Å². The fourth-order valence-electron chi connectivity index (χ4n) is 3.14. The molecule has 1 unspecified atom stereocenters. The van der Waals surface area contributed by atoms with E-state index in [1.165, 1.54) is 10.7 Å². The smallest absolute Gasteiger partial charge is 0.0835 e. The van der Waals surface area contributed by atoms with E-state index in [9.17, 15) is 0 Å². The molecule has 0 aliphatic rings. The number of hydrogen-bond acceptors (Lipinski definition) is 0. The van der Waals surface area contributed by atoms with Gasteiger partial charge in [0.25, 0.3) is 0 Å². The van der Waals surface area contributed by atoms with Crippen LogP contribution in [0.15, 0.2) is 54.6 Å². The number of hydrogen-bond donors (Lipinski definition) is 0. The van der Waals surface area contributed by atoms with Crippen LogP contribution in [0.1, 0.15) is 5.56 Å². The van der Waals surface area contributed by atoms with E-state index in [2.05, 4.69) is 81.2 Å². The quantitative estimate of drug-likeness (QED) is 0.534. The Balaban J connectivity index is 2.46. The molecular formula is C18H21PSi. The van der Waals surface area contributed by atoms with Crippen molar-refractivity contribution >= 4 is 31.0 Å². The molecule has 2 heteroatoms. The lowest BCUT2D eigenvalue weighted by Gasteiger charge is -2.20. The average molecular weight is 296 g/mol. The highest BCUT2D eigenvalue weighted by Gasteiger charge is 2.26. The first-order valence-corrected chi connectivity index (χ1v) is 12.0. The van der Waals surface area contributed by atoms with Gasteiger partial charge >= 0.3 is 0 Å². The van der Waals surface area contributed by atoms with Crippen LogP contribution >= 0.6 is 7.53 Å². The van der Waals surface area contributed by atoms with Gasteiger partial charge in [-0.2, -0.15) is 0 Å². The van der Waals surface area contributed by atoms with Crippen molar-refractivity contribution in [2.24, 2.45) is 0 Å². The first-order valence-electron chi connectivity index (χ1n) is 7.16. The summed E-state index contributed by atoms with van der Waals surface area (Å²) in [7, 11) is -1.63. The van der Waals surface area contributed by atoms with Crippen molar-refractivity contribution in [1.82, 2.24) is 0 Å². The van der Waals surface area contributed by atoms with Gasteiger partial charge in [-0.15, -0.1) is 0 Å². The van der Waals surface area contributed by atoms with Crippen LogP contribution in [-0.4, -0.2) is 8.07 Å². The highest BCUT2D eigenvalue weighted by atomic mass is 31.1. The number of benzene rings is 2. The summed E-state index contributed by atoms with van der Waals surface area (Å²) in [6, 6.07) is 20.1. The van der Waals surface area contributed by atoms with E-state index in [1.54, 1.807) is 15.6 Å². The van der Waals surface area contributed by atoms with Crippen molar-refractivity contribution in [3.05, 3.63) is 60.2 Å². The third kappa shape index (κ3) is 2.15. The number of aryl methyl sites for hydroxylation is 1. The second-order valence-corrected chi connectivity index (χ2v) is 13.9. The van der Waals surface area contributed by atoms with E-state index >= 15 is 0 Å². The van der Waals surface area contributed by atoms with Crippen molar-refractivity contribution in [3.8, 4) is 5.30 Å². The largest absolute Gasteiger partial charge is 0.0859 e. The maximum atomic E-state index is 2.48. The molecule has 2 aromatic carbocycles. The lowest BCUT2D eigenvalue weighted by atomic mass is 10.2. The molecule has 0 saturated carbocycles. The standard InChI is InChI=1S/C18H21PSi/c1-14-16-12-8-9-13-17(16)19(18(14)20(2,3)4)15-10-6-5-7-11-15/h5-13H,1-4H3. The van der Waals surface area contributed by atoms with Gasteiger partial charge in [-0.25, -0.2) is 0 Å². The fraction of sp³-hybridized carbons (Fsp3) is 0.222. The summed E-state index contributed by atoms with van der Waals surface area (Å²) in [4.78, 5) is 1.76. The molecule has 3 aromatic rings. The molecule has 1 heterocycles. The summed E-state index contributed by atoms with van der Waals surface area (Å²) in [5.74, 6) is 0. The monoisotopic (exact) mass is 296 g/mol. The SMILES string of the molecule is Cc1c([Si](C)(C)C)p(-c2ccccc2)c2ccccc12. The van der Waals surface area contributed by atoms with Crippen LogP contribution in [-0.2, 0) is 0 Å². The van der Waals surface area contributed by atoms with Crippen molar-refractivity contribution < 1.29 is 0 Å². The molecular weight excluding hydrogens is 275 g/mol. The number of fused-ring (bicyclic) bond motifs is 1. The average Bonchev–Trinajstić information content (AvgIpc) is 2.74.